The average Bonchev–Trinajstić information content (AvgIpc) is 2.74. The van der Waals surface area contributed by atoms with Gasteiger partial charge < -0.3 is 10.1 Å². The second-order valence-electron chi connectivity index (χ2n) is 3.44. The minimum Gasteiger partial charge on any atom is -0.497 e. The fourth-order valence-corrected chi connectivity index (χ4v) is 2.08. The van der Waals surface area contributed by atoms with Gasteiger partial charge >= 0.3 is 0 Å². The monoisotopic (exact) mass is 245 g/mol. The minimum atomic E-state index is 0.568. The number of thiazole rings is 1. The van der Waals surface area contributed by atoms with Crippen LogP contribution in [0.5, 0.6) is 5.75 Å². The van der Waals surface area contributed by atoms with Crippen molar-refractivity contribution < 1.29 is 4.74 Å². The number of nitrogens with zero attached hydrogens (tertiary/aromatic N) is 2. The molecule has 1 N–H and O–H groups in total. The average molecular weight is 245 g/mol. The summed E-state index contributed by atoms with van der Waals surface area (Å²) in [6.45, 7) is 1.93. The molecule has 0 spiro atoms. The van der Waals surface area contributed by atoms with E-state index in [1.54, 1.807) is 25.3 Å². The van der Waals surface area contributed by atoms with Gasteiger partial charge in [-0.05, 0) is 19.1 Å². The lowest BCUT2D eigenvalue weighted by Crippen LogP contribution is -1.94. The Balaban J connectivity index is 2.33. The number of rotatable bonds is 3. The summed E-state index contributed by atoms with van der Waals surface area (Å²) < 4.78 is 5.13. The Bertz CT molecular complexity index is 571. The molecule has 2 aromatic rings. The highest BCUT2D eigenvalue weighted by Crippen LogP contribution is 2.26. The molecule has 0 saturated carbocycles. The van der Waals surface area contributed by atoms with Gasteiger partial charge in [-0.3, -0.25) is 0 Å². The molecule has 17 heavy (non-hydrogen) atoms. The van der Waals surface area contributed by atoms with Crippen LogP contribution in [0.2, 0.25) is 0 Å². The quantitative estimate of drug-likeness (QED) is 0.902. The number of hydrogen-bond acceptors (Lipinski definition) is 5. The molecule has 0 aliphatic carbocycles. The lowest BCUT2D eigenvalue weighted by molar-refractivity contribution is 0.415. The number of anilines is 2. The fourth-order valence-electron chi connectivity index (χ4n) is 1.38. The summed E-state index contributed by atoms with van der Waals surface area (Å²) in [6, 6.07) is 7.40. The van der Waals surface area contributed by atoms with Crippen LogP contribution in [0.25, 0.3) is 0 Å². The highest BCUT2D eigenvalue weighted by Gasteiger charge is 2.06. The van der Waals surface area contributed by atoms with Gasteiger partial charge in [-0.2, -0.15) is 5.26 Å². The van der Waals surface area contributed by atoms with Crippen molar-refractivity contribution in [3.8, 4) is 11.8 Å². The van der Waals surface area contributed by atoms with Crippen molar-refractivity contribution in [3.63, 3.8) is 0 Å². The van der Waals surface area contributed by atoms with Gasteiger partial charge in [0.05, 0.1) is 24.1 Å². The maximum atomic E-state index is 9.02. The molecule has 0 aliphatic rings. The standard InChI is InChI=1S/C12H11N3OS/c1-8-7-17-12(14-8)15-11-5-10(16-2)4-3-9(11)6-13/h3-5,7H,1-2H3,(H,14,15). The zero-order valence-corrected chi connectivity index (χ0v) is 10.3. The fraction of sp³-hybridized carbons (Fsp3) is 0.167. The molecule has 4 nitrogen and oxygen atoms in total. The highest BCUT2D eigenvalue weighted by molar-refractivity contribution is 7.13. The predicted octanol–water partition coefficient (Wildman–Crippen LogP) is 3.08. The van der Waals surface area contributed by atoms with Crippen LogP contribution in [0.3, 0.4) is 0 Å². The van der Waals surface area contributed by atoms with E-state index in [9.17, 15) is 0 Å². The van der Waals surface area contributed by atoms with E-state index in [1.165, 1.54) is 11.3 Å². The van der Waals surface area contributed by atoms with E-state index >= 15 is 0 Å². The first-order valence-electron chi connectivity index (χ1n) is 5.00. The SMILES string of the molecule is COc1ccc(C#N)c(Nc2nc(C)cs2)c1. The molecule has 0 aliphatic heterocycles. The summed E-state index contributed by atoms with van der Waals surface area (Å²) in [4.78, 5) is 4.29. The molecule has 5 heteroatoms. The smallest absolute Gasteiger partial charge is 0.187 e. The van der Waals surface area contributed by atoms with Gasteiger partial charge in [0.1, 0.15) is 11.8 Å². The Kier molecular flexibility index (Phi) is 3.26. The van der Waals surface area contributed by atoms with Gasteiger partial charge in [-0.25, -0.2) is 4.98 Å². The van der Waals surface area contributed by atoms with Gasteiger partial charge in [-0.1, -0.05) is 0 Å². The van der Waals surface area contributed by atoms with Gasteiger partial charge in [0, 0.05) is 11.4 Å². The van der Waals surface area contributed by atoms with Crippen molar-refractivity contribution in [1.29, 1.82) is 5.26 Å². The van der Waals surface area contributed by atoms with Crippen LogP contribution in [0.1, 0.15) is 11.3 Å². The predicted molar refractivity (Wildman–Crippen MR) is 67.8 cm³/mol. The van der Waals surface area contributed by atoms with E-state index in [0.29, 0.717) is 17.0 Å². The molecule has 0 bridgehead atoms. The van der Waals surface area contributed by atoms with E-state index in [1.807, 2.05) is 12.3 Å². The van der Waals surface area contributed by atoms with E-state index in [0.717, 1.165) is 10.8 Å². The number of aryl methyl sites for hydroxylation is 1. The normalized spacial score (nSPS) is 9.71. The molecule has 2 rings (SSSR count). The Hall–Kier alpha value is -2.06. The number of benzene rings is 1. The molecule has 0 radical (unpaired) electrons. The van der Waals surface area contributed by atoms with Crippen LogP contribution in [0.15, 0.2) is 23.6 Å². The Morgan fingerprint density at radius 2 is 2.29 bits per heavy atom. The first-order valence-corrected chi connectivity index (χ1v) is 5.88. The summed E-state index contributed by atoms with van der Waals surface area (Å²) in [7, 11) is 1.60. The van der Waals surface area contributed by atoms with Crippen LogP contribution < -0.4 is 10.1 Å². The number of nitriles is 1. The molecule has 1 heterocycles. The molecule has 86 valence electrons. The third-order valence-electron chi connectivity index (χ3n) is 2.21. The van der Waals surface area contributed by atoms with Crippen molar-refractivity contribution in [2.45, 2.75) is 6.92 Å². The second-order valence-corrected chi connectivity index (χ2v) is 4.30. The largest absolute Gasteiger partial charge is 0.497 e. The molecule has 0 saturated heterocycles. The Labute approximate surface area is 103 Å². The van der Waals surface area contributed by atoms with Gasteiger partial charge in [-0.15, -0.1) is 11.3 Å². The van der Waals surface area contributed by atoms with Gasteiger partial charge in [0.2, 0.25) is 0 Å². The van der Waals surface area contributed by atoms with Crippen molar-refractivity contribution >= 4 is 22.2 Å². The van der Waals surface area contributed by atoms with E-state index in [2.05, 4.69) is 16.4 Å². The van der Waals surface area contributed by atoms with E-state index in [-0.39, 0.29) is 0 Å². The van der Waals surface area contributed by atoms with Crippen LogP contribution in [-0.4, -0.2) is 12.1 Å². The van der Waals surface area contributed by atoms with Crippen LogP contribution in [0.4, 0.5) is 10.8 Å². The van der Waals surface area contributed by atoms with Crippen molar-refractivity contribution in [2.24, 2.45) is 0 Å². The van der Waals surface area contributed by atoms with Crippen LogP contribution in [-0.2, 0) is 0 Å². The molecule has 0 amide bonds. The van der Waals surface area contributed by atoms with Crippen molar-refractivity contribution in [3.05, 3.63) is 34.8 Å². The summed E-state index contributed by atoms with van der Waals surface area (Å²) in [5.74, 6) is 0.708. The maximum absolute atomic E-state index is 9.02. The van der Waals surface area contributed by atoms with Gasteiger partial charge in [0.15, 0.2) is 5.13 Å². The summed E-state index contributed by atoms with van der Waals surface area (Å²) in [5.41, 5.74) is 2.23. The molecule has 0 fully saturated rings. The van der Waals surface area contributed by atoms with Crippen molar-refractivity contribution in [1.82, 2.24) is 4.98 Å². The lowest BCUT2D eigenvalue weighted by Gasteiger charge is -2.07. The molecule has 1 aromatic heterocycles. The zero-order valence-electron chi connectivity index (χ0n) is 9.52. The first-order chi connectivity index (χ1) is 8.22. The second kappa shape index (κ2) is 4.85. The van der Waals surface area contributed by atoms with E-state index in [4.69, 9.17) is 10.00 Å². The zero-order chi connectivity index (χ0) is 12.3. The minimum absolute atomic E-state index is 0.568. The summed E-state index contributed by atoms with van der Waals surface area (Å²) in [5, 5.41) is 14.9. The highest BCUT2D eigenvalue weighted by atomic mass is 32.1. The number of hydrogen-bond donors (Lipinski definition) is 1. The molecular weight excluding hydrogens is 234 g/mol. The maximum Gasteiger partial charge on any atom is 0.187 e. The van der Waals surface area contributed by atoms with Gasteiger partial charge in [0.25, 0.3) is 0 Å². The molecule has 0 unspecified atom stereocenters. The summed E-state index contributed by atoms with van der Waals surface area (Å²) >= 11 is 1.50. The number of aromatic nitrogens is 1. The lowest BCUT2D eigenvalue weighted by atomic mass is 10.2. The van der Waals surface area contributed by atoms with Crippen molar-refractivity contribution in [2.75, 3.05) is 12.4 Å². The Morgan fingerprint density at radius 3 is 2.88 bits per heavy atom. The molecule has 0 atom stereocenters. The summed E-state index contributed by atoms with van der Waals surface area (Å²) in [6.07, 6.45) is 0. The molecule has 1 aromatic carbocycles. The van der Waals surface area contributed by atoms with E-state index < -0.39 is 0 Å². The van der Waals surface area contributed by atoms with Crippen LogP contribution >= 0.6 is 11.3 Å². The first kappa shape index (κ1) is 11.4. The van der Waals surface area contributed by atoms with Crippen LogP contribution in [0, 0.1) is 18.3 Å². The third-order valence-corrected chi connectivity index (χ3v) is 3.08. The number of ether oxygens (including phenoxy) is 1. The number of nitrogens with one attached hydrogen (secondary N) is 1. The topological polar surface area (TPSA) is 57.9 Å². The molecular formula is C12H11N3OS. The number of methoxy groups -OCH3 is 1. The Morgan fingerprint density at radius 1 is 1.47 bits per heavy atom. The third kappa shape index (κ3) is 2.55.